The summed E-state index contributed by atoms with van der Waals surface area (Å²) in [5.41, 5.74) is 3.41. The minimum Gasteiger partial charge on any atom is -0.369 e. The molecular formula is C13H17N5. The lowest BCUT2D eigenvalue weighted by Crippen LogP contribution is -2.22. The Bertz CT molecular complexity index is 550. The first-order valence-corrected chi connectivity index (χ1v) is 6.34. The molecule has 1 aromatic heterocycles. The van der Waals surface area contributed by atoms with Gasteiger partial charge in [-0.2, -0.15) is 4.98 Å². The topological polar surface area (TPSA) is 75.9 Å². The van der Waals surface area contributed by atoms with Crippen molar-refractivity contribution in [2.75, 3.05) is 17.3 Å². The largest absolute Gasteiger partial charge is 0.369 e. The van der Waals surface area contributed by atoms with E-state index in [2.05, 4.69) is 20.7 Å². The minimum atomic E-state index is 0.449. The van der Waals surface area contributed by atoms with Gasteiger partial charge in [0.05, 0.1) is 5.52 Å². The molecule has 0 spiro atoms. The molecule has 0 unspecified atom stereocenters. The second-order valence-electron chi connectivity index (χ2n) is 4.74. The quantitative estimate of drug-likeness (QED) is 0.566. The molecule has 0 radical (unpaired) electrons. The average Bonchev–Trinajstić information content (AvgIpc) is 2.36. The van der Waals surface area contributed by atoms with E-state index in [1.807, 2.05) is 24.3 Å². The van der Waals surface area contributed by atoms with Crippen LogP contribution in [0.2, 0.25) is 0 Å². The van der Waals surface area contributed by atoms with Crippen LogP contribution in [-0.2, 0) is 0 Å². The van der Waals surface area contributed by atoms with E-state index in [1.165, 1.54) is 19.3 Å². The lowest BCUT2D eigenvalue weighted by Gasteiger charge is -2.25. The molecule has 3 rings (SSSR count). The number of para-hydroxylation sites is 1. The first-order valence-electron chi connectivity index (χ1n) is 6.34. The second-order valence-corrected chi connectivity index (χ2v) is 4.74. The zero-order valence-electron chi connectivity index (χ0n) is 10.2. The SMILES string of the molecule is NNc1nc(NCC2CCC2)c2ccccc2n1. The molecule has 0 aliphatic heterocycles. The average molecular weight is 243 g/mol. The van der Waals surface area contributed by atoms with Crippen LogP contribution in [-0.4, -0.2) is 16.5 Å². The van der Waals surface area contributed by atoms with E-state index >= 15 is 0 Å². The number of nitrogen functional groups attached to an aromatic ring is 1. The molecule has 1 aromatic carbocycles. The summed E-state index contributed by atoms with van der Waals surface area (Å²) >= 11 is 0. The molecule has 1 heterocycles. The normalized spacial score (nSPS) is 15.4. The van der Waals surface area contributed by atoms with Crippen molar-refractivity contribution in [3.8, 4) is 0 Å². The van der Waals surface area contributed by atoms with Gasteiger partial charge in [0, 0.05) is 11.9 Å². The summed E-state index contributed by atoms with van der Waals surface area (Å²) in [4.78, 5) is 8.72. The predicted octanol–water partition coefficient (Wildman–Crippen LogP) is 2.13. The van der Waals surface area contributed by atoms with Gasteiger partial charge in [0.15, 0.2) is 0 Å². The molecule has 4 N–H and O–H groups in total. The van der Waals surface area contributed by atoms with Crippen LogP contribution in [0.1, 0.15) is 19.3 Å². The summed E-state index contributed by atoms with van der Waals surface area (Å²) in [6.07, 6.45) is 3.99. The zero-order valence-corrected chi connectivity index (χ0v) is 10.2. The Morgan fingerprint density at radius 1 is 1.22 bits per heavy atom. The fraction of sp³-hybridized carbons (Fsp3) is 0.385. The molecule has 0 atom stereocenters. The van der Waals surface area contributed by atoms with Gasteiger partial charge in [-0.05, 0) is 30.9 Å². The van der Waals surface area contributed by atoms with E-state index in [0.29, 0.717) is 5.95 Å². The molecule has 1 aliphatic carbocycles. The van der Waals surface area contributed by atoms with Gasteiger partial charge in [-0.15, -0.1) is 0 Å². The van der Waals surface area contributed by atoms with E-state index in [-0.39, 0.29) is 0 Å². The van der Waals surface area contributed by atoms with Crippen molar-refractivity contribution >= 4 is 22.7 Å². The molecule has 94 valence electrons. The van der Waals surface area contributed by atoms with Crippen molar-refractivity contribution in [3.63, 3.8) is 0 Å². The van der Waals surface area contributed by atoms with E-state index in [9.17, 15) is 0 Å². The zero-order chi connectivity index (χ0) is 12.4. The van der Waals surface area contributed by atoms with E-state index in [1.54, 1.807) is 0 Å². The van der Waals surface area contributed by atoms with Gasteiger partial charge in [-0.1, -0.05) is 18.6 Å². The molecule has 1 aliphatic rings. The molecule has 5 heteroatoms. The van der Waals surface area contributed by atoms with E-state index < -0.39 is 0 Å². The lowest BCUT2D eigenvalue weighted by atomic mass is 9.85. The Morgan fingerprint density at radius 3 is 2.78 bits per heavy atom. The third-order valence-corrected chi connectivity index (χ3v) is 3.52. The Kier molecular flexibility index (Phi) is 2.98. The molecule has 0 amide bonds. The fourth-order valence-corrected chi connectivity index (χ4v) is 2.21. The van der Waals surface area contributed by atoms with Crippen LogP contribution in [0, 0.1) is 5.92 Å². The Labute approximate surface area is 106 Å². The number of nitrogens with zero attached hydrogens (tertiary/aromatic N) is 2. The Morgan fingerprint density at radius 2 is 2.06 bits per heavy atom. The van der Waals surface area contributed by atoms with Gasteiger partial charge >= 0.3 is 0 Å². The number of hydrazine groups is 1. The van der Waals surface area contributed by atoms with Crippen LogP contribution in [0.4, 0.5) is 11.8 Å². The van der Waals surface area contributed by atoms with Crippen molar-refractivity contribution in [2.45, 2.75) is 19.3 Å². The Hall–Kier alpha value is -1.88. The summed E-state index contributed by atoms with van der Waals surface area (Å²) in [5.74, 6) is 7.50. The highest BCUT2D eigenvalue weighted by atomic mass is 15.3. The van der Waals surface area contributed by atoms with Crippen LogP contribution < -0.4 is 16.6 Å². The third kappa shape index (κ3) is 2.09. The summed E-state index contributed by atoms with van der Waals surface area (Å²) in [6, 6.07) is 7.95. The number of hydrogen-bond donors (Lipinski definition) is 3. The molecule has 1 saturated carbocycles. The predicted molar refractivity (Wildman–Crippen MR) is 73.2 cm³/mol. The lowest BCUT2D eigenvalue weighted by molar-refractivity contribution is 0.333. The van der Waals surface area contributed by atoms with Gasteiger partial charge in [-0.3, -0.25) is 5.43 Å². The van der Waals surface area contributed by atoms with Crippen LogP contribution in [0.25, 0.3) is 10.9 Å². The van der Waals surface area contributed by atoms with Crippen LogP contribution in [0.15, 0.2) is 24.3 Å². The maximum atomic E-state index is 5.40. The van der Waals surface area contributed by atoms with Crippen LogP contribution in [0.5, 0.6) is 0 Å². The summed E-state index contributed by atoms with van der Waals surface area (Å²) < 4.78 is 0. The third-order valence-electron chi connectivity index (χ3n) is 3.52. The maximum absolute atomic E-state index is 5.40. The maximum Gasteiger partial charge on any atom is 0.239 e. The summed E-state index contributed by atoms with van der Waals surface area (Å²) in [6.45, 7) is 0.977. The van der Waals surface area contributed by atoms with Crippen molar-refractivity contribution in [3.05, 3.63) is 24.3 Å². The smallest absolute Gasteiger partial charge is 0.239 e. The van der Waals surface area contributed by atoms with Gasteiger partial charge in [0.1, 0.15) is 5.82 Å². The summed E-state index contributed by atoms with van der Waals surface area (Å²) in [5, 5.41) is 4.46. The first kappa shape index (κ1) is 11.2. The monoisotopic (exact) mass is 243 g/mol. The highest BCUT2D eigenvalue weighted by molar-refractivity contribution is 5.89. The van der Waals surface area contributed by atoms with Crippen molar-refractivity contribution in [1.82, 2.24) is 9.97 Å². The molecule has 0 bridgehead atoms. The number of nitrogens with two attached hydrogens (primary N) is 1. The number of aromatic nitrogens is 2. The number of anilines is 2. The van der Waals surface area contributed by atoms with Crippen molar-refractivity contribution in [2.24, 2.45) is 11.8 Å². The number of benzene rings is 1. The Balaban J connectivity index is 1.91. The van der Waals surface area contributed by atoms with Gasteiger partial charge in [0.2, 0.25) is 5.95 Å². The summed E-state index contributed by atoms with van der Waals surface area (Å²) in [7, 11) is 0. The molecule has 18 heavy (non-hydrogen) atoms. The number of rotatable bonds is 4. The number of nitrogens with one attached hydrogen (secondary N) is 2. The van der Waals surface area contributed by atoms with E-state index in [0.717, 1.165) is 29.2 Å². The molecule has 2 aromatic rings. The first-order chi connectivity index (χ1) is 8.86. The molecule has 1 fully saturated rings. The highest BCUT2D eigenvalue weighted by Gasteiger charge is 2.17. The van der Waals surface area contributed by atoms with Crippen molar-refractivity contribution in [1.29, 1.82) is 0 Å². The number of fused-ring (bicyclic) bond motifs is 1. The van der Waals surface area contributed by atoms with Gasteiger partial charge in [-0.25, -0.2) is 10.8 Å². The van der Waals surface area contributed by atoms with Gasteiger partial charge in [0.25, 0.3) is 0 Å². The molecule has 0 saturated heterocycles. The van der Waals surface area contributed by atoms with Crippen molar-refractivity contribution < 1.29 is 0 Å². The fourth-order valence-electron chi connectivity index (χ4n) is 2.21. The van der Waals surface area contributed by atoms with Gasteiger partial charge < -0.3 is 5.32 Å². The minimum absolute atomic E-state index is 0.449. The highest BCUT2D eigenvalue weighted by Crippen LogP contribution is 2.28. The standard InChI is InChI=1S/C13H17N5/c14-18-13-16-11-7-2-1-6-10(11)12(17-13)15-8-9-4-3-5-9/h1-2,6-7,9H,3-5,8,14H2,(H2,15,16,17,18). The van der Waals surface area contributed by atoms with Crippen LogP contribution in [0.3, 0.4) is 0 Å². The molecular weight excluding hydrogens is 226 g/mol. The van der Waals surface area contributed by atoms with Crippen LogP contribution >= 0.6 is 0 Å². The second kappa shape index (κ2) is 4.78. The number of hydrogen-bond acceptors (Lipinski definition) is 5. The van der Waals surface area contributed by atoms with E-state index in [4.69, 9.17) is 5.84 Å². The molecule has 5 nitrogen and oxygen atoms in total.